The maximum atomic E-state index is 10.9. The molecule has 0 aromatic heterocycles. The molecule has 0 amide bonds. The zero-order valence-corrected chi connectivity index (χ0v) is 19.1. The average Bonchev–Trinajstić information content (AvgIpc) is 2.96. The molecule has 2 aliphatic heterocycles. The zero-order valence-electron chi connectivity index (χ0n) is 15.8. The molecule has 2 heterocycles. The van der Waals surface area contributed by atoms with Crippen LogP contribution in [0.3, 0.4) is 0 Å². The predicted molar refractivity (Wildman–Crippen MR) is 122 cm³/mol. The van der Waals surface area contributed by atoms with Gasteiger partial charge in [0.05, 0.1) is 11.4 Å². The molecular weight excluding hydrogens is 404 g/mol. The van der Waals surface area contributed by atoms with Crippen molar-refractivity contribution in [3.63, 3.8) is 0 Å². The highest BCUT2D eigenvalue weighted by Crippen LogP contribution is 2.47. The zero-order chi connectivity index (χ0) is 19.6. The molecule has 1 aromatic carbocycles. The third-order valence-electron chi connectivity index (χ3n) is 5.26. The SMILES string of the molecule is Cc1c(C)c(N2C(=S)SCC2(C)O)c(C)c(N2C(=S)SCC2(C)O)c1C. The molecule has 3 rings (SSSR count). The van der Waals surface area contributed by atoms with Crippen molar-refractivity contribution in [2.75, 3.05) is 21.3 Å². The van der Waals surface area contributed by atoms with Crippen molar-refractivity contribution in [1.82, 2.24) is 0 Å². The number of thioether (sulfide) groups is 2. The summed E-state index contributed by atoms with van der Waals surface area (Å²) in [6.45, 7) is 11.8. The number of hydrogen-bond donors (Lipinski definition) is 2. The molecule has 0 bridgehead atoms. The largest absolute Gasteiger partial charge is 0.370 e. The lowest BCUT2D eigenvalue weighted by molar-refractivity contribution is 0.0992. The molecule has 0 radical (unpaired) electrons. The first kappa shape index (κ1) is 20.4. The molecule has 4 nitrogen and oxygen atoms in total. The highest BCUT2D eigenvalue weighted by Gasteiger charge is 2.44. The first-order chi connectivity index (χ1) is 11.9. The molecule has 2 atom stereocenters. The van der Waals surface area contributed by atoms with E-state index >= 15 is 0 Å². The van der Waals surface area contributed by atoms with Crippen LogP contribution in [0.5, 0.6) is 0 Å². The van der Waals surface area contributed by atoms with Crippen LogP contribution in [0.15, 0.2) is 0 Å². The van der Waals surface area contributed by atoms with E-state index in [0.29, 0.717) is 20.1 Å². The fourth-order valence-corrected chi connectivity index (χ4v) is 6.51. The van der Waals surface area contributed by atoms with Crippen LogP contribution in [-0.4, -0.2) is 41.8 Å². The van der Waals surface area contributed by atoms with Crippen LogP contribution in [0.1, 0.15) is 36.1 Å². The second-order valence-corrected chi connectivity index (χ2v) is 10.6. The minimum absolute atomic E-state index is 0.530. The van der Waals surface area contributed by atoms with Crippen LogP contribution >= 0.6 is 48.0 Å². The molecule has 0 saturated carbocycles. The van der Waals surface area contributed by atoms with Gasteiger partial charge in [-0.05, 0) is 63.8 Å². The number of aliphatic hydroxyl groups is 2. The quantitative estimate of drug-likeness (QED) is 0.685. The van der Waals surface area contributed by atoms with Gasteiger partial charge in [-0.1, -0.05) is 48.0 Å². The highest BCUT2D eigenvalue weighted by molar-refractivity contribution is 8.24. The summed E-state index contributed by atoms with van der Waals surface area (Å²) in [6, 6.07) is 0. The van der Waals surface area contributed by atoms with Crippen LogP contribution in [0, 0.1) is 27.7 Å². The van der Waals surface area contributed by atoms with Gasteiger partial charge < -0.3 is 10.2 Å². The Morgan fingerprint density at radius 1 is 0.731 bits per heavy atom. The lowest BCUT2D eigenvalue weighted by atomic mass is 9.93. The Bertz CT molecular complexity index is 757. The van der Waals surface area contributed by atoms with Gasteiger partial charge in [0.1, 0.15) is 20.1 Å². The van der Waals surface area contributed by atoms with Crippen molar-refractivity contribution in [1.29, 1.82) is 0 Å². The molecule has 2 N–H and O–H groups in total. The average molecular weight is 429 g/mol. The van der Waals surface area contributed by atoms with Crippen molar-refractivity contribution in [2.45, 2.75) is 53.0 Å². The van der Waals surface area contributed by atoms with E-state index in [1.165, 1.54) is 23.5 Å². The van der Waals surface area contributed by atoms with Crippen molar-refractivity contribution >= 4 is 68.0 Å². The summed E-state index contributed by atoms with van der Waals surface area (Å²) in [5.74, 6) is 1.06. The second-order valence-electron chi connectivity index (χ2n) is 7.41. The summed E-state index contributed by atoms with van der Waals surface area (Å²) in [6.07, 6.45) is 0. The van der Waals surface area contributed by atoms with Crippen molar-refractivity contribution < 1.29 is 10.2 Å². The molecule has 8 heteroatoms. The number of hydrogen-bond acceptors (Lipinski definition) is 6. The van der Waals surface area contributed by atoms with Crippen LogP contribution in [-0.2, 0) is 0 Å². The molecule has 26 heavy (non-hydrogen) atoms. The minimum atomic E-state index is -1.04. The van der Waals surface area contributed by atoms with Crippen LogP contribution in [0.25, 0.3) is 0 Å². The molecule has 2 aliphatic rings. The number of thiocarbonyl (C=S) groups is 2. The Morgan fingerprint density at radius 3 is 1.35 bits per heavy atom. The molecule has 2 unspecified atom stereocenters. The maximum Gasteiger partial charge on any atom is 0.149 e. The Balaban J connectivity index is 2.31. The summed E-state index contributed by atoms with van der Waals surface area (Å²) in [7, 11) is 0. The van der Waals surface area contributed by atoms with Gasteiger partial charge in [-0.25, -0.2) is 0 Å². The minimum Gasteiger partial charge on any atom is -0.370 e. The van der Waals surface area contributed by atoms with Gasteiger partial charge >= 0.3 is 0 Å². The Morgan fingerprint density at radius 2 is 1.08 bits per heavy atom. The van der Waals surface area contributed by atoms with Crippen molar-refractivity contribution in [2.24, 2.45) is 0 Å². The predicted octanol–water partition coefficient (Wildman–Crippen LogP) is 4.01. The molecule has 0 aliphatic carbocycles. The smallest absolute Gasteiger partial charge is 0.149 e. The van der Waals surface area contributed by atoms with Gasteiger partial charge in [-0.2, -0.15) is 0 Å². The van der Waals surface area contributed by atoms with Crippen LogP contribution in [0.4, 0.5) is 11.4 Å². The Kier molecular flexibility index (Phi) is 5.17. The Hall–Kier alpha value is -0.380. The highest BCUT2D eigenvalue weighted by atomic mass is 32.2. The van der Waals surface area contributed by atoms with E-state index in [0.717, 1.165) is 33.6 Å². The molecule has 142 valence electrons. The van der Waals surface area contributed by atoms with Crippen molar-refractivity contribution in [3.05, 3.63) is 22.3 Å². The normalized spacial score (nSPS) is 29.2. The third kappa shape index (κ3) is 2.99. The maximum absolute atomic E-state index is 10.9. The van der Waals surface area contributed by atoms with E-state index in [9.17, 15) is 10.2 Å². The van der Waals surface area contributed by atoms with Crippen LogP contribution in [0.2, 0.25) is 0 Å². The summed E-state index contributed by atoms with van der Waals surface area (Å²) < 4.78 is 1.33. The number of nitrogens with zero attached hydrogens (tertiary/aromatic N) is 2. The van der Waals surface area contributed by atoms with E-state index in [4.69, 9.17) is 24.4 Å². The fraction of sp³-hybridized carbons (Fsp3) is 0.556. The molecule has 2 fully saturated rings. The van der Waals surface area contributed by atoms with Crippen LogP contribution < -0.4 is 9.80 Å². The van der Waals surface area contributed by atoms with Gasteiger partial charge in [0.2, 0.25) is 0 Å². The van der Waals surface area contributed by atoms with Gasteiger partial charge in [0.15, 0.2) is 0 Å². The van der Waals surface area contributed by atoms with E-state index < -0.39 is 11.4 Å². The van der Waals surface area contributed by atoms with Gasteiger partial charge in [-0.3, -0.25) is 9.80 Å². The van der Waals surface area contributed by atoms with Gasteiger partial charge in [0, 0.05) is 11.5 Å². The monoisotopic (exact) mass is 428 g/mol. The molecule has 0 spiro atoms. The summed E-state index contributed by atoms with van der Waals surface area (Å²) >= 11 is 14.1. The van der Waals surface area contributed by atoms with Gasteiger partial charge in [0.25, 0.3) is 0 Å². The summed E-state index contributed by atoms with van der Waals surface area (Å²) in [5.41, 5.74) is 4.01. The summed E-state index contributed by atoms with van der Waals surface area (Å²) in [4.78, 5) is 3.71. The lowest BCUT2D eigenvalue weighted by Gasteiger charge is -2.38. The van der Waals surface area contributed by atoms with Crippen molar-refractivity contribution in [3.8, 4) is 0 Å². The van der Waals surface area contributed by atoms with E-state index in [2.05, 4.69) is 20.8 Å². The number of anilines is 2. The molecule has 1 aromatic rings. The summed E-state index contributed by atoms with van der Waals surface area (Å²) in [5, 5.41) is 21.8. The lowest BCUT2D eigenvalue weighted by Crippen LogP contribution is -2.47. The topological polar surface area (TPSA) is 46.9 Å². The third-order valence-corrected chi connectivity index (χ3v) is 8.57. The molecule has 2 saturated heterocycles. The fourth-order valence-electron chi connectivity index (χ4n) is 3.69. The first-order valence-corrected chi connectivity index (χ1v) is 11.2. The van der Waals surface area contributed by atoms with E-state index in [1.807, 2.05) is 16.7 Å². The van der Waals surface area contributed by atoms with Gasteiger partial charge in [-0.15, -0.1) is 0 Å². The molecular formula is C18H24N2O2S4. The second kappa shape index (κ2) is 6.60. The van der Waals surface area contributed by atoms with E-state index in [-0.39, 0.29) is 0 Å². The Labute approximate surface area is 174 Å². The number of benzene rings is 1. The first-order valence-electron chi connectivity index (χ1n) is 8.39. The van der Waals surface area contributed by atoms with E-state index in [1.54, 1.807) is 13.8 Å². The standard InChI is InChI=1S/C18H24N2O2S4/c1-9-10(2)13(19-15(23)25-7-17(19,5)21)12(4)14(11(9)3)20-16(24)26-8-18(20,6)22/h21-22H,7-8H2,1-6H3. The number of rotatable bonds is 2.